The normalized spacial score (nSPS) is 19.4. The number of H-pyrrole nitrogens is 1. The Morgan fingerprint density at radius 1 is 1.28 bits per heavy atom. The summed E-state index contributed by atoms with van der Waals surface area (Å²) in [6.07, 6.45) is 6.64. The summed E-state index contributed by atoms with van der Waals surface area (Å²) in [6, 6.07) is 4.26. The first-order valence-corrected chi connectivity index (χ1v) is 9.18. The number of hydrogen-bond donors (Lipinski definition) is 1. The van der Waals surface area contributed by atoms with E-state index in [2.05, 4.69) is 38.1 Å². The molecule has 1 saturated heterocycles. The summed E-state index contributed by atoms with van der Waals surface area (Å²) >= 11 is 0. The van der Waals surface area contributed by atoms with Gasteiger partial charge in [-0.25, -0.2) is 4.98 Å². The molecule has 2 aliphatic heterocycles. The highest BCUT2D eigenvalue weighted by atomic mass is 16.5. The Morgan fingerprint density at radius 2 is 2.12 bits per heavy atom. The minimum absolute atomic E-state index is 0.781. The minimum atomic E-state index is 0.781. The number of pyridine rings is 1. The molecular weight excluding hydrogens is 312 g/mol. The van der Waals surface area contributed by atoms with E-state index in [0.29, 0.717) is 0 Å². The zero-order valence-electron chi connectivity index (χ0n) is 15.1. The number of nitrogens with one attached hydrogen (secondary N) is 1. The number of ether oxygens (including phenoxy) is 1. The van der Waals surface area contributed by atoms with Crippen LogP contribution in [0.15, 0.2) is 24.4 Å². The van der Waals surface area contributed by atoms with Gasteiger partial charge in [-0.15, -0.1) is 0 Å². The molecule has 132 valence electrons. The number of imidazole rings is 1. The standard InChI is InChI=1S/C20H26N4O/c1-14-15(2)23-20(22-14)19-11-17(3-7-21-19)18-4-8-24(13-18)12-16-5-9-25-10-6-16/h3-4,7,11,16H,5-6,8-10,12-13H2,1-2H3,(H,22,23). The van der Waals surface area contributed by atoms with E-state index in [1.165, 1.54) is 30.5 Å². The van der Waals surface area contributed by atoms with E-state index >= 15 is 0 Å². The van der Waals surface area contributed by atoms with Crippen molar-refractivity contribution in [2.45, 2.75) is 26.7 Å². The molecule has 2 aromatic rings. The molecule has 2 aliphatic rings. The fraction of sp³-hybridized carbons (Fsp3) is 0.500. The van der Waals surface area contributed by atoms with Crippen LogP contribution < -0.4 is 0 Å². The second-order valence-corrected chi connectivity index (χ2v) is 7.20. The molecule has 0 saturated carbocycles. The number of rotatable bonds is 4. The van der Waals surface area contributed by atoms with Crippen molar-refractivity contribution < 1.29 is 4.74 Å². The molecular formula is C20H26N4O. The highest BCUT2D eigenvalue weighted by Gasteiger charge is 2.21. The van der Waals surface area contributed by atoms with E-state index in [1.54, 1.807) is 0 Å². The predicted molar refractivity (Wildman–Crippen MR) is 99.3 cm³/mol. The van der Waals surface area contributed by atoms with Gasteiger partial charge in [0.2, 0.25) is 0 Å². The monoisotopic (exact) mass is 338 g/mol. The van der Waals surface area contributed by atoms with Gasteiger partial charge in [0.1, 0.15) is 5.69 Å². The first-order chi connectivity index (χ1) is 12.2. The fourth-order valence-electron chi connectivity index (χ4n) is 3.68. The molecule has 0 aliphatic carbocycles. The Labute approximate surface area is 149 Å². The van der Waals surface area contributed by atoms with Crippen LogP contribution in [-0.2, 0) is 4.74 Å². The lowest BCUT2D eigenvalue weighted by Crippen LogP contribution is -2.31. The van der Waals surface area contributed by atoms with Gasteiger partial charge in [-0.3, -0.25) is 9.88 Å². The SMILES string of the molecule is Cc1nc(-c2cc(C3=CCN(CC4CCOCC4)C3)ccn2)[nH]c1C. The lowest BCUT2D eigenvalue weighted by atomic mass is 10.00. The lowest BCUT2D eigenvalue weighted by Gasteiger charge is -2.27. The number of aromatic nitrogens is 3. The molecule has 0 spiro atoms. The summed E-state index contributed by atoms with van der Waals surface area (Å²) in [5, 5.41) is 0. The van der Waals surface area contributed by atoms with Crippen molar-refractivity contribution >= 4 is 5.57 Å². The number of hydrogen-bond acceptors (Lipinski definition) is 4. The zero-order valence-corrected chi connectivity index (χ0v) is 15.1. The van der Waals surface area contributed by atoms with Gasteiger partial charge in [0, 0.05) is 44.7 Å². The summed E-state index contributed by atoms with van der Waals surface area (Å²) in [4.78, 5) is 15.0. The van der Waals surface area contributed by atoms with Crippen molar-refractivity contribution in [3.63, 3.8) is 0 Å². The molecule has 1 fully saturated rings. The molecule has 0 bridgehead atoms. The molecule has 5 heteroatoms. The molecule has 0 unspecified atom stereocenters. The van der Waals surface area contributed by atoms with Crippen LogP contribution in [0.1, 0.15) is 29.8 Å². The Balaban J connectivity index is 1.44. The maximum Gasteiger partial charge on any atom is 0.156 e. The molecule has 2 aromatic heterocycles. The number of aryl methyl sites for hydroxylation is 2. The van der Waals surface area contributed by atoms with Crippen molar-refractivity contribution in [2.75, 3.05) is 32.8 Å². The molecule has 1 N–H and O–H groups in total. The topological polar surface area (TPSA) is 54.0 Å². The quantitative estimate of drug-likeness (QED) is 0.930. The van der Waals surface area contributed by atoms with Gasteiger partial charge in [-0.05, 0) is 55.9 Å². The second kappa shape index (κ2) is 7.10. The van der Waals surface area contributed by atoms with Crippen LogP contribution >= 0.6 is 0 Å². The van der Waals surface area contributed by atoms with Crippen LogP contribution in [-0.4, -0.2) is 52.7 Å². The van der Waals surface area contributed by atoms with Crippen LogP contribution in [0.25, 0.3) is 17.1 Å². The summed E-state index contributed by atoms with van der Waals surface area (Å²) in [5.41, 5.74) is 5.70. The summed E-state index contributed by atoms with van der Waals surface area (Å²) in [7, 11) is 0. The van der Waals surface area contributed by atoms with E-state index in [9.17, 15) is 0 Å². The van der Waals surface area contributed by atoms with Crippen molar-refractivity contribution in [3.8, 4) is 11.5 Å². The maximum atomic E-state index is 5.47. The zero-order chi connectivity index (χ0) is 17.2. The number of aromatic amines is 1. The third-order valence-corrected chi connectivity index (χ3v) is 5.35. The molecule has 0 aromatic carbocycles. The van der Waals surface area contributed by atoms with Crippen molar-refractivity contribution in [1.29, 1.82) is 0 Å². The molecule has 25 heavy (non-hydrogen) atoms. The van der Waals surface area contributed by atoms with Gasteiger partial charge in [-0.2, -0.15) is 0 Å². The van der Waals surface area contributed by atoms with Crippen molar-refractivity contribution in [3.05, 3.63) is 41.4 Å². The van der Waals surface area contributed by atoms with Gasteiger partial charge in [0.15, 0.2) is 5.82 Å². The van der Waals surface area contributed by atoms with Crippen LogP contribution in [0.2, 0.25) is 0 Å². The number of nitrogens with zero attached hydrogens (tertiary/aromatic N) is 3. The Bertz CT molecular complexity index is 754. The predicted octanol–water partition coefficient (Wildman–Crippen LogP) is 3.21. The van der Waals surface area contributed by atoms with Crippen molar-refractivity contribution in [2.24, 2.45) is 5.92 Å². The smallest absolute Gasteiger partial charge is 0.156 e. The summed E-state index contributed by atoms with van der Waals surface area (Å²) in [6.45, 7) is 9.16. The van der Waals surface area contributed by atoms with E-state index in [0.717, 1.165) is 55.1 Å². The van der Waals surface area contributed by atoms with Crippen LogP contribution in [0.4, 0.5) is 0 Å². The van der Waals surface area contributed by atoms with Crippen LogP contribution in [0.3, 0.4) is 0 Å². The van der Waals surface area contributed by atoms with Crippen LogP contribution in [0.5, 0.6) is 0 Å². The van der Waals surface area contributed by atoms with E-state index in [4.69, 9.17) is 4.74 Å². The van der Waals surface area contributed by atoms with Crippen LogP contribution in [0, 0.1) is 19.8 Å². The third-order valence-electron chi connectivity index (χ3n) is 5.35. The van der Waals surface area contributed by atoms with Crippen molar-refractivity contribution in [1.82, 2.24) is 19.9 Å². The average molecular weight is 338 g/mol. The highest BCUT2D eigenvalue weighted by molar-refractivity contribution is 5.71. The third kappa shape index (κ3) is 3.67. The lowest BCUT2D eigenvalue weighted by molar-refractivity contribution is 0.0562. The summed E-state index contributed by atoms with van der Waals surface area (Å²) in [5.74, 6) is 1.64. The van der Waals surface area contributed by atoms with Gasteiger partial charge in [0.25, 0.3) is 0 Å². The van der Waals surface area contributed by atoms with Gasteiger partial charge in [0.05, 0.1) is 5.69 Å². The maximum absolute atomic E-state index is 5.47. The van der Waals surface area contributed by atoms with Gasteiger partial charge < -0.3 is 9.72 Å². The molecule has 0 amide bonds. The van der Waals surface area contributed by atoms with Gasteiger partial charge >= 0.3 is 0 Å². The molecule has 5 nitrogen and oxygen atoms in total. The Kier molecular flexibility index (Phi) is 4.68. The summed E-state index contributed by atoms with van der Waals surface area (Å²) < 4.78 is 5.47. The van der Waals surface area contributed by atoms with Gasteiger partial charge in [-0.1, -0.05) is 6.08 Å². The average Bonchev–Trinajstić information content (AvgIpc) is 3.23. The fourth-order valence-corrected chi connectivity index (χ4v) is 3.68. The molecule has 4 rings (SSSR count). The first-order valence-electron chi connectivity index (χ1n) is 9.18. The van der Waals surface area contributed by atoms with E-state index in [1.807, 2.05) is 20.0 Å². The first kappa shape index (κ1) is 16.5. The largest absolute Gasteiger partial charge is 0.381 e. The Hall–Kier alpha value is -1.98. The van der Waals surface area contributed by atoms with E-state index < -0.39 is 0 Å². The molecule has 0 atom stereocenters. The van der Waals surface area contributed by atoms with E-state index in [-0.39, 0.29) is 0 Å². The second-order valence-electron chi connectivity index (χ2n) is 7.20. The molecule has 0 radical (unpaired) electrons. The molecule has 4 heterocycles. The highest BCUT2D eigenvalue weighted by Crippen LogP contribution is 2.26. The minimum Gasteiger partial charge on any atom is -0.381 e. The Morgan fingerprint density at radius 3 is 2.88 bits per heavy atom.